The van der Waals surface area contributed by atoms with Gasteiger partial charge in [-0.2, -0.15) is 5.10 Å². The van der Waals surface area contributed by atoms with Crippen LogP contribution in [-0.4, -0.2) is 23.2 Å². The van der Waals surface area contributed by atoms with Crippen LogP contribution in [0.25, 0.3) is 22.0 Å². The predicted molar refractivity (Wildman–Crippen MR) is 102 cm³/mol. The number of nitrogens with one attached hydrogen (secondary N) is 2. The standard InChI is InChI=1S/C21H14F3N3O2/c1-29-18-8-6-12(22)10-14(18)11-5-7-13-17(9-11)26-27-20(13)25-21(28)19-15(23)3-2-4-16(19)24/h2-10H,1H3,(H2,25,26,27,28). The van der Waals surface area contributed by atoms with E-state index in [4.69, 9.17) is 4.74 Å². The Morgan fingerprint density at radius 2 is 1.79 bits per heavy atom. The maximum Gasteiger partial charge on any atom is 0.262 e. The van der Waals surface area contributed by atoms with Crippen LogP contribution in [0.3, 0.4) is 0 Å². The van der Waals surface area contributed by atoms with E-state index < -0.39 is 28.9 Å². The van der Waals surface area contributed by atoms with Crippen LogP contribution < -0.4 is 10.1 Å². The lowest BCUT2D eigenvalue weighted by Gasteiger charge is -2.09. The molecule has 5 nitrogen and oxygen atoms in total. The number of nitrogens with zero attached hydrogens (tertiary/aromatic N) is 1. The summed E-state index contributed by atoms with van der Waals surface area (Å²) in [6, 6.07) is 12.4. The lowest BCUT2D eigenvalue weighted by atomic mass is 10.0. The molecule has 0 spiro atoms. The van der Waals surface area contributed by atoms with Crippen molar-refractivity contribution in [2.24, 2.45) is 0 Å². The Hall–Kier alpha value is -3.81. The lowest BCUT2D eigenvalue weighted by molar-refractivity contribution is 0.101. The average Bonchev–Trinajstić information content (AvgIpc) is 3.09. The van der Waals surface area contributed by atoms with E-state index in [0.29, 0.717) is 27.8 Å². The number of carbonyl (C=O) groups is 1. The first-order valence-electron chi connectivity index (χ1n) is 8.55. The van der Waals surface area contributed by atoms with Gasteiger partial charge in [-0.15, -0.1) is 0 Å². The fourth-order valence-electron chi connectivity index (χ4n) is 3.07. The zero-order valence-corrected chi connectivity index (χ0v) is 15.1. The Morgan fingerprint density at radius 1 is 1.03 bits per heavy atom. The highest BCUT2D eigenvalue weighted by Crippen LogP contribution is 2.33. The van der Waals surface area contributed by atoms with Gasteiger partial charge >= 0.3 is 0 Å². The molecule has 0 aliphatic carbocycles. The van der Waals surface area contributed by atoms with E-state index in [-0.39, 0.29) is 5.82 Å². The third-order valence-corrected chi connectivity index (χ3v) is 4.46. The number of aromatic nitrogens is 2. The van der Waals surface area contributed by atoms with Crippen LogP contribution in [0, 0.1) is 17.5 Å². The zero-order valence-electron chi connectivity index (χ0n) is 15.1. The molecule has 0 bridgehead atoms. The van der Waals surface area contributed by atoms with Crippen molar-refractivity contribution in [3.8, 4) is 16.9 Å². The number of benzene rings is 3. The number of hydrogen-bond donors (Lipinski definition) is 2. The second kappa shape index (κ2) is 7.31. The molecule has 0 fully saturated rings. The summed E-state index contributed by atoms with van der Waals surface area (Å²) in [6.45, 7) is 0. The van der Waals surface area contributed by atoms with Crippen molar-refractivity contribution in [1.82, 2.24) is 10.2 Å². The maximum absolute atomic E-state index is 13.8. The largest absolute Gasteiger partial charge is 0.496 e. The van der Waals surface area contributed by atoms with Gasteiger partial charge in [-0.1, -0.05) is 12.1 Å². The van der Waals surface area contributed by atoms with E-state index >= 15 is 0 Å². The summed E-state index contributed by atoms with van der Waals surface area (Å²) < 4.78 is 46.6. The normalized spacial score (nSPS) is 10.9. The number of rotatable bonds is 4. The number of halogens is 3. The summed E-state index contributed by atoms with van der Waals surface area (Å²) in [5.41, 5.74) is 1.06. The summed E-state index contributed by atoms with van der Waals surface area (Å²) in [6.07, 6.45) is 0. The molecule has 8 heteroatoms. The van der Waals surface area contributed by atoms with Gasteiger partial charge in [0.25, 0.3) is 5.91 Å². The highest BCUT2D eigenvalue weighted by molar-refractivity contribution is 6.08. The van der Waals surface area contributed by atoms with Gasteiger partial charge in [0.15, 0.2) is 5.82 Å². The molecule has 0 saturated carbocycles. The van der Waals surface area contributed by atoms with Crippen LogP contribution in [0.4, 0.5) is 19.0 Å². The van der Waals surface area contributed by atoms with Crippen LogP contribution in [0.15, 0.2) is 54.6 Å². The van der Waals surface area contributed by atoms with Crippen molar-refractivity contribution in [2.75, 3.05) is 12.4 Å². The Balaban J connectivity index is 1.69. The number of hydrogen-bond acceptors (Lipinski definition) is 3. The van der Waals surface area contributed by atoms with E-state index in [2.05, 4.69) is 15.5 Å². The lowest BCUT2D eigenvalue weighted by Crippen LogP contribution is -2.16. The molecule has 0 unspecified atom stereocenters. The fourth-order valence-corrected chi connectivity index (χ4v) is 3.07. The van der Waals surface area contributed by atoms with Gasteiger partial charge in [-0.3, -0.25) is 9.89 Å². The Morgan fingerprint density at radius 3 is 2.52 bits per heavy atom. The van der Waals surface area contributed by atoms with E-state index in [1.54, 1.807) is 18.2 Å². The monoisotopic (exact) mass is 397 g/mol. The van der Waals surface area contributed by atoms with Gasteiger partial charge < -0.3 is 10.1 Å². The average molecular weight is 397 g/mol. The highest BCUT2D eigenvalue weighted by Gasteiger charge is 2.19. The fraction of sp³-hybridized carbons (Fsp3) is 0.0476. The second-order valence-electron chi connectivity index (χ2n) is 6.23. The van der Waals surface area contributed by atoms with E-state index in [0.717, 1.165) is 12.1 Å². The number of aromatic amines is 1. The Kier molecular flexibility index (Phi) is 4.67. The molecule has 1 amide bonds. The molecule has 0 saturated heterocycles. The molecule has 1 aromatic heterocycles. The summed E-state index contributed by atoms with van der Waals surface area (Å²) in [5, 5.41) is 9.69. The SMILES string of the molecule is COc1ccc(F)cc1-c1ccc2c(NC(=O)c3c(F)cccc3F)n[nH]c2c1. The van der Waals surface area contributed by atoms with Crippen LogP contribution >= 0.6 is 0 Å². The molecule has 0 atom stereocenters. The number of methoxy groups -OCH3 is 1. The van der Waals surface area contributed by atoms with Crippen LogP contribution in [0.5, 0.6) is 5.75 Å². The van der Waals surface area contributed by atoms with Crippen LogP contribution in [-0.2, 0) is 0 Å². The zero-order chi connectivity index (χ0) is 20.5. The Labute approximate surface area is 163 Å². The molecular weight excluding hydrogens is 383 g/mol. The number of fused-ring (bicyclic) bond motifs is 1. The van der Waals surface area contributed by atoms with Crippen molar-refractivity contribution in [2.45, 2.75) is 0 Å². The van der Waals surface area contributed by atoms with E-state index in [1.807, 2.05) is 0 Å². The molecule has 2 N–H and O–H groups in total. The van der Waals surface area contributed by atoms with Crippen molar-refractivity contribution < 1.29 is 22.7 Å². The number of amides is 1. The van der Waals surface area contributed by atoms with Crippen LogP contribution in [0.1, 0.15) is 10.4 Å². The molecule has 0 aliphatic heterocycles. The third-order valence-electron chi connectivity index (χ3n) is 4.46. The van der Waals surface area contributed by atoms with Gasteiger partial charge in [0, 0.05) is 10.9 Å². The predicted octanol–water partition coefficient (Wildman–Crippen LogP) is 4.91. The molecular formula is C21H14F3N3O2. The van der Waals surface area contributed by atoms with Gasteiger partial charge in [-0.05, 0) is 48.0 Å². The highest BCUT2D eigenvalue weighted by atomic mass is 19.1. The van der Waals surface area contributed by atoms with E-state index in [9.17, 15) is 18.0 Å². The molecule has 4 aromatic rings. The topological polar surface area (TPSA) is 67.0 Å². The summed E-state index contributed by atoms with van der Waals surface area (Å²) in [4.78, 5) is 12.3. The third kappa shape index (κ3) is 3.40. The molecule has 29 heavy (non-hydrogen) atoms. The number of anilines is 1. The minimum absolute atomic E-state index is 0.116. The Bertz CT molecular complexity index is 1220. The quantitative estimate of drug-likeness (QED) is 0.514. The number of H-pyrrole nitrogens is 1. The van der Waals surface area contributed by atoms with Crippen molar-refractivity contribution in [1.29, 1.82) is 0 Å². The molecule has 0 radical (unpaired) electrons. The minimum Gasteiger partial charge on any atom is -0.496 e. The minimum atomic E-state index is -0.970. The molecule has 146 valence electrons. The first-order chi connectivity index (χ1) is 14.0. The number of ether oxygens (including phenoxy) is 1. The summed E-state index contributed by atoms with van der Waals surface area (Å²) >= 11 is 0. The molecule has 3 aromatic carbocycles. The van der Waals surface area contributed by atoms with Gasteiger partial charge in [0.1, 0.15) is 28.8 Å². The molecule has 0 aliphatic rings. The smallest absolute Gasteiger partial charge is 0.262 e. The second-order valence-corrected chi connectivity index (χ2v) is 6.23. The number of carbonyl (C=O) groups excluding carboxylic acids is 1. The summed E-state index contributed by atoms with van der Waals surface area (Å²) in [5.74, 6) is -2.69. The summed E-state index contributed by atoms with van der Waals surface area (Å²) in [7, 11) is 1.49. The van der Waals surface area contributed by atoms with Crippen molar-refractivity contribution in [3.63, 3.8) is 0 Å². The van der Waals surface area contributed by atoms with Crippen LogP contribution in [0.2, 0.25) is 0 Å². The van der Waals surface area contributed by atoms with E-state index in [1.165, 1.54) is 31.4 Å². The maximum atomic E-state index is 13.8. The van der Waals surface area contributed by atoms with Gasteiger partial charge in [0.05, 0.1) is 12.6 Å². The first-order valence-corrected chi connectivity index (χ1v) is 8.55. The van der Waals surface area contributed by atoms with Crippen molar-refractivity contribution >= 4 is 22.6 Å². The molecule has 4 rings (SSSR count). The van der Waals surface area contributed by atoms with Crippen molar-refractivity contribution in [3.05, 3.63) is 77.6 Å². The molecule has 1 heterocycles. The van der Waals surface area contributed by atoms with Gasteiger partial charge in [-0.25, -0.2) is 13.2 Å². The van der Waals surface area contributed by atoms with Gasteiger partial charge in [0.2, 0.25) is 0 Å². The first kappa shape index (κ1) is 18.5.